The highest BCUT2D eigenvalue weighted by Gasteiger charge is 2.33. The first-order valence-corrected chi connectivity index (χ1v) is 5.84. The Kier molecular flexibility index (Phi) is 2.75. The van der Waals surface area contributed by atoms with Gasteiger partial charge >= 0.3 is 0 Å². The largest absolute Gasteiger partial charge is 0.378 e. The van der Waals surface area contributed by atoms with E-state index in [1.54, 1.807) is 0 Å². The van der Waals surface area contributed by atoms with E-state index in [9.17, 15) is 8.42 Å². The van der Waals surface area contributed by atoms with Crippen LogP contribution in [-0.4, -0.2) is 44.3 Å². The molecule has 0 amide bonds. The van der Waals surface area contributed by atoms with Crippen molar-refractivity contribution < 1.29 is 13.2 Å². The number of hydrogen-bond acceptors (Lipinski definition) is 3. The third-order valence-corrected chi connectivity index (χ3v) is 3.36. The van der Waals surface area contributed by atoms with Crippen molar-refractivity contribution in [3.8, 4) is 0 Å². The van der Waals surface area contributed by atoms with Gasteiger partial charge in [-0.3, -0.25) is 0 Å². The maximum absolute atomic E-state index is 11.3. The minimum atomic E-state index is -3.07. The number of hydrogen-bond donors (Lipinski definition) is 0. The van der Waals surface area contributed by atoms with Crippen LogP contribution in [0.15, 0.2) is 0 Å². The Morgan fingerprint density at radius 3 is 2.00 bits per heavy atom. The van der Waals surface area contributed by atoms with Crippen LogP contribution >= 0.6 is 0 Å². The molecule has 0 aliphatic carbocycles. The van der Waals surface area contributed by atoms with E-state index in [2.05, 4.69) is 0 Å². The number of ether oxygens (including phenoxy) is 1. The highest BCUT2D eigenvalue weighted by Crippen LogP contribution is 2.17. The molecular formula is C7H15NO3S. The Morgan fingerprint density at radius 2 is 1.92 bits per heavy atom. The van der Waals surface area contributed by atoms with Crippen LogP contribution in [0.3, 0.4) is 0 Å². The molecule has 4 nitrogen and oxygen atoms in total. The lowest BCUT2D eigenvalue weighted by atomic mass is 10.2. The Balaban J connectivity index is 2.74. The fourth-order valence-electron chi connectivity index (χ4n) is 1.45. The van der Waals surface area contributed by atoms with Crippen LogP contribution in [0.25, 0.3) is 0 Å². The zero-order valence-electron chi connectivity index (χ0n) is 7.65. The van der Waals surface area contributed by atoms with Gasteiger partial charge in [0.15, 0.2) is 0 Å². The zero-order valence-corrected chi connectivity index (χ0v) is 8.47. The standard InChI is InChI=1S/C7H15NO3S/c1-6(2)8(12(3,9)10)7-4-11-5-7/h6-7H,4-5H2,1-3H3. The summed E-state index contributed by atoms with van der Waals surface area (Å²) >= 11 is 0. The third kappa shape index (κ3) is 1.97. The highest BCUT2D eigenvalue weighted by atomic mass is 32.2. The molecule has 1 aliphatic rings. The summed E-state index contributed by atoms with van der Waals surface area (Å²) in [5, 5.41) is 0. The summed E-state index contributed by atoms with van der Waals surface area (Å²) in [5.41, 5.74) is 0. The predicted molar refractivity (Wildman–Crippen MR) is 46.4 cm³/mol. The Bertz CT molecular complexity index is 243. The van der Waals surface area contributed by atoms with Crippen molar-refractivity contribution in [2.24, 2.45) is 0 Å². The molecule has 1 saturated heterocycles. The van der Waals surface area contributed by atoms with Crippen molar-refractivity contribution in [2.75, 3.05) is 19.5 Å². The molecule has 1 rings (SSSR count). The van der Waals surface area contributed by atoms with Crippen molar-refractivity contribution in [3.63, 3.8) is 0 Å². The molecule has 5 heteroatoms. The molecule has 0 aromatic rings. The highest BCUT2D eigenvalue weighted by molar-refractivity contribution is 7.88. The van der Waals surface area contributed by atoms with Gasteiger partial charge < -0.3 is 4.74 Å². The molecule has 1 heterocycles. The van der Waals surface area contributed by atoms with Crippen molar-refractivity contribution in [3.05, 3.63) is 0 Å². The Labute approximate surface area is 73.6 Å². The smallest absolute Gasteiger partial charge is 0.211 e. The summed E-state index contributed by atoms with van der Waals surface area (Å²) < 4.78 is 29.0. The monoisotopic (exact) mass is 193 g/mol. The predicted octanol–water partition coefficient (Wildman–Crippen LogP) is 0.0552. The lowest BCUT2D eigenvalue weighted by molar-refractivity contribution is -0.0434. The minimum absolute atomic E-state index is 0.0221. The van der Waals surface area contributed by atoms with E-state index in [0.717, 1.165) is 0 Å². The topological polar surface area (TPSA) is 46.6 Å². The fraction of sp³-hybridized carbons (Fsp3) is 1.00. The molecule has 0 spiro atoms. The molecular weight excluding hydrogens is 178 g/mol. The van der Waals surface area contributed by atoms with E-state index in [1.165, 1.54) is 10.6 Å². The number of sulfonamides is 1. The Hall–Kier alpha value is -0.130. The summed E-state index contributed by atoms with van der Waals surface area (Å²) in [4.78, 5) is 0. The second-order valence-corrected chi connectivity index (χ2v) is 5.27. The second kappa shape index (κ2) is 3.32. The van der Waals surface area contributed by atoms with Gasteiger partial charge in [-0.25, -0.2) is 8.42 Å². The molecule has 1 fully saturated rings. The van der Waals surface area contributed by atoms with Crippen LogP contribution in [0.2, 0.25) is 0 Å². The van der Waals surface area contributed by atoms with Gasteiger partial charge in [-0.2, -0.15) is 4.31 Å². The fourth-order valence-corrected chi connectivity index (χ4v) is 2.87. The molecule has 0 saturated carbocycles. The van der Waals surface area contributed by atoms with E-state index < -0.39 is 10.0 Å². The lowest BCUT2D eigenvalue weighted by Gasteiger charge is -2.37. The van der Waals surface area contributed by atoms with Gasteiger partial charge in [-0.15, -0.1) is 0 Å². The average molecular weight is 193 g/mol. The van der Waals surface area contributed by atoms with E-state index in [1.807, 2.05) is 13.8 Å². The molecule has 0 unspecified atom stereocenters. The van der Waals surface area contributed by atoms with E-state index in [4.69, 9.17) is 4.74 Å². The minimum Gasteiger partial charge on any atom is -0.378 e. The quantitative estimate of drug-likeness (QED) is 0.636. The van der Waals surface area contributed by atoms with Crippen LogP contribution in [0.5, 0.6) is 0 Å². The van der Waals surface area contributed by atoms with E-state index in [0.29, 0.717) is 13.2 Å². The van der Waals surface area contributed by atoms with Gasteiger partial charge in [0.1, 0.15) is 0 Å². The van der Waals surface area contributed by atoms with Crippen molar-refractivity contribution in [2.45, 2.75) is 25.9 Å². The van der Waals surface area contributed by atoms with Crippen molar-refractivity contribution in [1.29, 1.82) is 0 Å². The number of nitrogens with zero attached hydrogens (tertiary/aromatic N) is 1. The molecule has 1 aliphatic heterocycles. The van der Waals surface area contributed by atoms with Gasteiger partial charge in [-0.05, 0) is 13.8 Å². The van der Waals surface area contributed by atoms with Crippen LogP contribution in [0, 0.1) is 0 Å². The molecule has 72 valence electrons. The summed E-state index contributed by atoms with van der Waals surface area (Å²) in [7, 11) is -3.07. The SMILES string of the molecule is CC(C)N(C1COC1)S(C)(=O)=O. The third-order valence-electron chi connectivity index (χ3n) is 1.87. The van der Waals surface area contributed by atoms with E-state index in [-0.39, 0.29) is 12.1 Å². The molecule has 0 aromatic carbocycles. The van der Waals surface area contributed by atoms with Crippen LogP contribution in [0.1, 0.15) is 13.8 Å². The van der Waals surface area contributed by atoms with Crippen LogP contribution in [0.4, 0.5) is 0 Å². The van der Waals surface area contributed by atoms with Gasteiger partial charge in [0.25, 0.3) is 0 Å². The van der Waals surface area contributed by atoms with Crippen LogP contribution in [-0.2, 0) is 14.8 Å². The normalized spacial score (nSPS) is 20.1. The van der Waals surface area contributed by atoms with Crippen molar-refractivity contribution in [1.82, 2.24) is 4.31 Å². The van der Waals surface area contributed by atoms with Gasteiger partial charge in [0.05, 0.1) is 25.5 Å². The van der Waals surface area contributed by atoms with E-state index >= 15 is 0 Å². The molecule has 0 bridgehead atoms. The Morgan fingerprint density at radius 1 is 1.42 bits per heavy atom. The molecule has 0 aromatic heterocycles. The molecule has 0 N–H and O–H groups in total. The zero-order chi connectivity index (χ0) is 9.35. The maximum Gasteiger partial charge on any atom is 0.211 e. The van der Waals surface area contributed by atoms with Crippen molar-refractivity contribution >= 4 is 10.0 Å². The molecule has 0 atom stereocenters. The average Bonchev–Trinajstić information content (AvgIpc) is 1.73. The molecule has 0 radical (unpaired) electrons. The first kappa shape index (κ1) is 9.95. The lowest BCUT2D eigenvalue weighted by Crippen LogP contribution is -2.54. The van der Waals surface area contributed by atoms with Crippen LogP contribution < -0.4 is 0 Å². The van der Waals surface area contributed by atoms with Gasteiger partial charge in [-0.1, -0.05) is 0 Å². The first-order valence-electron chi connectivity index (χ1n) is 3.99. The second-order valence-electron chi connectivity index (χ2n) is 3.38. The van der Waals surface area contributed by atoms with Gasteiger partial charge in [0.2, 0.25) is 10.0 Å². The summed E-state index contributed by atoms with van der Waals surface area (Å²) in [6, 6.07) is 0.0777. The summed E-state index contributed by atoms with van der Waals surface area (Å²) in [5.74, 6) is 0. The summed E-state index contributed by atoms with van der Waals surface area (Å²) in [6.45, 7) is 4.81. The molecule has 12 heavy (non-hydrogen) atoms. The summed E-state index contributed by atoms with van der Waals surface area (Å²) in [6.07, 6.45) is 1.24. The maximum atomic E-state index is 11.3. The van der Waals surface area contributed by atoms with Gasteiger partial charge in [0, 0.05) is 6.04 Å². The first-order chi connectivity index (χ1) is 5.43. The number of rotatable bonds is 3.